The summed E-state index contributed by atoms with van der Waals surface area (Å²) >= 11 is 0. The summed E-state index contributed by atoms with van der Waals surface area (Å²) < 4.78 is 23.1. The van der Waals surface area contributed by atoms with E-state index in [4.69, 9.17) is 18.9 Å². The van der Waals surface area contributed by atoms with Crippen molar-refractivity contribution in [2.24, 2.45) is 0 Å². The lowest BCUT2D eigenvalue weighted by Gasteiger charge is -2.25. The van der Waals surface area contributed by atoms with Gasteiger partial charge in [0, 0.05) is 12.8 Å². The normalized spacial score (nSPS) is 12.9. The molecule has 574 valence electrons. The van der Waals surface area contributed by atoms with Gasteiger partial charge in [0.1, 0.15) is 13.2 Å². The molecule has 0 aliphatic rings. The zero-order valence-electron chi connectivity index (χ0n) is 66.0. The molecule has 0 aliphatic heterocycles. The highest BCUT2D eigenvalue weighted by molar-refractivity contribution is 5.71. The van der Waals surface area contributed by atoms with E-state index < -0.39 is 18.4 Å². The molecule has 0 heterocycles. The highest BCUT2D eigenvalue weighted by Gasteiger charge is 2.25. The highest BCUT2D eigenvalue weighted by atomic mass is 16.7. The molecular formula is C89H166NO8+. The molecule has 98 heavy (non-hydrogen) atoms. The number of hydrogen-bond donors (Lipinski definition) is 1. The Hall–Kier alpha value is -3.01. The summed E-state index contributed by atoms with van der Waals surface area (Å²) in [6.45, 7) is 4.84. The van der Waals surface area contributed by atoms with Crippen LogP contribution in [0, 0.1) is 0 Å². The lowest BCUT2D eigenvalue weighted by molar-refractivity contribution is -0.870. The van der Waals surface area contributed by atoms with Gasteiger partial charge >= 0.3 is 17.9 Å². The predicted molar refractivity (Wildman–Crippen MR) is 424 cm³/mol. The number of esters is 2. The molecule has 0 fully saturated rings. The molecular weight excluding hydrogens is 1210 g/mol. The van der Waals surface area contributed by atoms with Crippen molar-refractivity contribution < 1.29 is 42.9 Å². The summed E-state index contributed by atoms with van der Waals surface area (Å²) in [7, 11) is 6.00. The van der Waals surface area contributed by atoms with Crippen LogP contribution in [0.25, 0.3) is 0 Å². The first-order valence-electron chi connectivity index (χ1n) is 43.0. The maximum Gasteiger partial charge on any atom is 0.361 e. The van der Waals surface area contributed by atoms with Crippen LogP contribution in [-0.2, 0) is 33.3 Å². The van der Waals surface area contributed by atoms with E-state index in [1.54, 1.807) is 0 Å². The number of unbranched alkanes of at least 4 members (excludes halogenated alkanes) is 56. The number of ether oxygens (including phenoxy) is 4. The Morgan fingerprint density at radius 1 is 0.316 bits per heavy atom. The first-order chi connectivity index (χ1) is 48.1. The minimum atomic E-state index is -1.51. The Morgan fingerprint density at radius 3 is 0.867 bits per heavy atom. The second kappa shape index (κ2) is 79.7. The first kappa shape index (κ1) is 95.0. The van der Waals surface area contributed by atoms with Gasteiger partial charge in [-0.25, -0.2) is 4.79 Å². The zero-order chi connectivity index (χ0) is 71.1. The number of hydrogen-bond acceptors (Lipinski definition) is 7. The summed E-state index contributed by atoms with van der Waals surface area (Å²) in [5.41, 5.74) is 0. The topological polar surface area (TPSA) is 108 Å². The van der Waals surface area contributed by atoms with Crippen LogP contribution in [0.2, 0.25) is 0 Å². The van der Waals surface area contributed by atoms with Gasteiger partial charge in [0.25, 0.3) is 6.29 Å². The number of quaternary nitrogens is 1. The average Bonchev–Trinajstić information content (AvgIpc) is 1.14. The standard InChI is InChI=1S/C89H165NO8/c1-6-8-10-12-14-16-18-20-22-24-26-28-30-32-34-36-38-40-41-42-43-44-45-46-48-49-51-53-55-57-59-61-63-65-67-69-71-73-75-77-79-86(91)96-83-85(84-97-89(88(93)94)95-82-81-90(3,4)5)98-87(92)80-78-76-74-72-70-68-66-64-62-60-58-56-54-52-50-47-39-37-35-33-31-29-27-25-23-21-19-17-15-13-11-9-7-2/h9,11,15,17,21,23,27,29,33,35,85,89H,6-8,10,12-14,16,18-20,22,24-26,28,30-32,34,36-84H2,1-5H3/p+1/b11-9-,17-15-,23-21-,29-27-,35-33-. The van der Waals surface area contributed by atoms with Gasteiger partial charge in [0.2, 0.25) is 0 Å². The van der Waals surface area contributed by atoms with Crippen molar-refractivity contribution in [3.8, 4) is 0 Å². The third-order valence-corrected chi connectivity index (χ3v) is 19.5. The van der Waals surface area contributed by atoms with E-state index in [1.165, 1.54) is 334 Å². The molecule has 9 nitrogen and oxygen atoms in total. The van der Waals surface area contributed by atoms with Crippen LogP contribution in [0.15, 0.2) is 60.8 Å². The number of rotatable bonds is 81. The largest absolute Gasteiger partial charge is 0.477 e. The maximum absolute atomic E-state index is 13.0. The molecule has 0 saturated heterocycles. The fraction of sp³-hybridized carbons (Fsp3) is 0.854. The predicted octanol–water partition coefficient (Wildman–Crippen LogP) is 27.8. The summed E-state index contributed by atoms with van der Waals surface area (Å²) in [5.74, 6) is -1.97. The molecule has 2 unspecified atom stereocenters. The molecule has 0 bridgehead atoms. The zero-order valence-corrected chi connectivity index (χ0v) is 66.0. The molecule has 0 aromatic rings. The molecule has 0 aromatic carbocycles. The Kier molecular flexibility index (Phi) is 77.2. The number of carbonyl (C=O) groups is 3. The van der Waals surface area contributed by atoms with Gasteiger partial charge in [-0.2, -0.15) is 0 Å². The summed E-state index contributed by atoms with van der Waals surface area (Å²) in [4.78, 5) is 37.8. The quantitative estimate of drug-likeness (QED) is 0.0211. The second-order valence-corrected chi connectivity index (χ2v) is 30.5. The minimum Gasteiger partial charge on any atom is -0.477 e. The van der Waals surface area contributed by atoms with E-state index in [2.05, 4.69) is 74.6 Å². The fourth-order valence-electron chi connectivity index (χ4n) is 13.0. The van der Waals surface area contributed by atoms with E-state index in [-0.39, 0.29) is 38.2 Å². The van der Waals surface area contributed by atoms with E-state index in [0.717, 1.165) is 70.6 Å². The van der Waals surface area contributed by atoms with Crippen molar-refractivity contribution in [2.45, 2.75) is 444 Å². The van der Waals surface area contributed by atoms with Crippen LogP contribution in [0.4, 0.5) is 0 Å². The number of carboxylic acid groups (broad SMARTS) is 1. The Morgan fingerprint density at radius 2 is 0.582 bits per heavy atom. The number of carbonyl (C=O) groups excluding carboxylic acids is 2. The first-order valence-corrected chi connectivity index (χ1v) is 43.0. The van der Waals surface area contributed by atoms with Gasteiger partial charge in [-0.05, 0) is 57.8 Å². The van der Waals surface area contributed by atoms with E-state index in [9.17, 15) is 19.5 Å². The molecule has 0 saturated carbocycles. The van der Waals surface area contributed by atoms with E-state index in [0.29, 0.717) is 17.4 Å². The monoisotopic (exact) mass is 1380 g/mol. The summed E-state index contributed by atoms with van der Waals surface area (Å²) in [6.07, 6.45) is 104. The SMILES string of the molecule is CC/C=C\C/C=C\C/C=C\C/C=C\C/C=C\CCCCCCCCCCCCCCCCCCCC(=O)OC(COC(=O)CCCCCCCCCCCCCCCCCCCCCCCCCCCCCCCCCCCCCCCCCC)COC(OCC[N+](C)(C)C)C(=O)O. The Bertz CT molecular complexity index is 1800. The number of likely N-dealkylation sites (N-methyl/N-ethyl adjacent to an activating group) is 1. The van der Waals surface area contributed by atoms with Crippen molar-refractivity contribution in [1.82, 2.24) is 0 Å². The summed E-state index contributed by atoms with van der Waals surface area (Å²) in [6, 6.07) is 0. The third kappa shape index (κ3) is 80.3. The Balaban J connectivity index is 3.92. The molecule has 0 spiro atoms. The third-order valence-electron chi connectivity index (χ3n) is 19.5. The molecule has 0 radical (unpaired) electrons. The molecule has 0 aromatic heterocycles. The highest BCUT2D eigenvalue weighted by Crippen LogP contribution is 2.21. The van der Waals surface area contributed by atoms with Crippen LogP contribution in [0.1, 0.15) is 431 Å². The fourth-order valence-corrected chi connectivity index (χ4v) is 13.0. The minimum absolute atomic E-state index is 0.177. The number of allylic oxidation sites excluding steroid dienone is 10. The summed E-state index contributed by atoms with van der Waals surface area (Å²) in [5, 5.41) is 9.78. The van der Waals surface area contributed by atoms with Gasteiger partial charge in [-0.1, -0.05) is 421 Å². The van der Waals surface area contributed by atoms with E-state index >= 15 is 0 Å². The van der Waals surface area contributed by atoms with Crippen molar-refractivity contribution in [3.05, 3.63) is 60.8 Å². The van der Waals surface area contributed by atoms with Gasteiger partial charge in [-0.3, -0.25) is 9.59 Å². The number of nitrogens with zero attached hydrogens (tertiary/aromatic N) is 1. The molecule has 1 N–H and O–H groups in total. The molecule has 0 aliphatic carbocycles. The molecule has 0 amide bonds. The molecule has 0 rings (SSSR count). The van der Waals surface area contributed by atoms with Gasteiger partial charge in [0.15, 0.2) is 6.10 Å². The Labute approximate surface area is 609 Å². The van der Waals surface area contributed by atoms with Crippen molar-refractivity contribution >= 4 is 17.9 Å². The van der Waals surface area contributed by atoms with Gasteiger partial charge in [-0.15, -0.1) is 0 Å². The van der Waals surface area contributed by atoms with Crippen molar-refractivity contribution in [2.75, 3.05) is 47.5 Å². The lowest BCUT2D eigenvalue weighted by Crippen LogP contribution is -2.40. The van der Waals surface area contributed by atoms with Crippen molar-refractivity contribution in [1.29, 1.82) is 0 Å². The molecule has 2 atom stereocenters. The van der Waals surface area contributed by atoms with Gasteiger partial charge < -0.3 is 28.5 Å². The van der Waals surface area contributed by atoms with Gasteiger partial charge in [0.05, 0.1) is 34.4 Å². The van der Waals surface area contributed by atoms with Crippen LogP contribution < -0.4 is 0 Å². The molecule has 9 heteroatoms. The van der Waals surface area contributed by atoms with Crippen LogP contribution in [0.3, 0.4) is 0 Å². The maximum atomic E-state index is 13.0. The smallest absolute Gasteiger partial charge is 0.361 e. The average molecular weight is 1380 g/mol. The lowest BCUT2D eigenvalue weighted by atomic mass is 10.0. The number of aliphatic carboxylic acids is 1. The van der Waals surface area contributed by atoms with Crippen molar-refractivity contribution in [3.63, 3.8) is 0 Å². The second-order valence-electron chi connectivity index (χ2n) is 30.5. The van der Waals surface area contributed by atoms with Crippen LogP contribution in [0.5, 0.6) is 0 Å². The van der Waals surface area contributed by atoms with Crippen LogP contribution >= 0.6 is 0 Å². The number of carboxylic acids is 1. The van der Waals surface area contributed by atoms with Crippen LogP contribution in [-0.4, -0.2) is 87.4 Å². The van der Waals surface area contributed by atoms with E-state index in [1.807, 2.05) is 21.1 Å².